The number of nitrogens with zero attached hydrogens (tertiary/aromatic N) is 6. The number of esters is 3. The summed E-state index contributed by atoms with van der Waals surface area (Å²) < 4.78 is 14.8. The fourth-order valence-electron chi connectivity index (χ4n) is 5.43. The summed E-state index contributed by atoms with van der Waals surface area (Å²) >= 11 is 0. The maximum absolute atomic E-state index is 12.5. The molecule has 3 aromatic heterocycles. The quantitative estimate of drug-likeness (QED) is 0.0966. The summed E-state index contributed by atoms with van der Waals surface area (Å²) in [6.45, 7) is 2.92. The summed E-state index contributed by atoms with van der Waals surface area (Å²) in [5, 5.41) is 0. The zero-order chi connectivity index (χ0) is 36.0. The first-order valence-corrected chi connectivity index (χ1v) is 16.4. The number of benzene rings is 2. The summed E-state index contributed by atoms with van der Waals surface area (Å²) in [5.74, 6) is 0.196. The van der Waals surface area contributed by atoms with Crippen molar-refractivity contribution in [3.63, 3.8) is 0 Å². The third kappa shape index (κ3) is 9.88. The van der Waals surface area contributed by atoms with Crippen molar-refractivity contribution in [2.75, 3.05) is 62.2 Å². The predicted molar refractivity (Wildman–Crippen MR) is 194 cm³/mol. The van der Waals surface area contributed by atoms with E-state index in [1.54, 1.807) is 36.4 Å². The number of anilines is 3. The molecule has 0 N–H and O–H groups in total. The van der Waals surface area contributed by atoms with Gasteiger partial charge in [-0.25, -0.2) is 29.3 Å². The third-order valence-corrected chi connectivity index (χ3v) is 8.07. The van der Waals surface area contributed by atoms with Crippen LogP contribution >= 0.6 is 0 Å². The second-order valence-electron chi connectivity index (χ2n) is 11.4. The van der Waals surface area contributed by atoms with E-state index in [1.807, 2.05) is 78.9 Å². The zero-order valence-electron chi connectivity index (χ0n) is 28.8. The Kier molecular flexibility index (Phi) is 12.6. The van der Waals surface area contributed by atoms with Crippen LogP contribution in [0, 0.1) is 0 Å². The van der Waals surface area contributed by atoms with Crippen LogP contribution in [0.3, 0.4) is 0 Å². The van der Waals surface area contributed by atoms with E-state index in [2.05, 4.69) is 29.7 Å². The normalized spacial score (nSPS) is 10.6. The molecule has 2 aromatic carbocycles. The van der Waals surface area contributed by atoms with Crippen LogP contribution in [0.15, 0.2) is 115 Å². The van der Waals surface area contributed by atoms with Gasteiger partial charge in [-0.05, 0) is 47.5 Å². The first kappa shape index (κ1) is 36.0. The Morgan fingerprint density at radius 3 is 1.08 bits per heavy atom. The zero-order valence-corrected chi connectivity index (χ0v) is 28.8. The number of aromatic nitrogens is 3. The molecular formula is C39H40N6O6. The van der Waals surface area contributed by atoms with Crippen molar-refractivity contribution in [1.82, 2.24) is 15.0 Å². The van der Waals surface area contributed by atoms with Crippen LogP contribution in [0.5, 0.6) is 0 Å². The highest BCUT2D eigenvalue weighted by atomic mass is 16.5. The fraction of sp³-hybridized carbons (Fsp3) is 0.231. The van der Waals surface area contributed by atoms with E-state index in [1.165, 1.54) is 21.3 Å². The monoisotopic (exact) mass is 688 g/mol. The molecule has 0 radical (unpaired) electrons. The molecule has 0 saturated carbocycles. The van der Waals surface area contributed by atoms with E-state index < -0.39 is 17.9 Å². The standard InChI is InChI=1S/C39H40N6O6/c1-49-37(46)31-17-10-20-34(40-31)43(23-25-44(27-29-13-6-4-7-14-29)35-21-11-18-32(41-35)38(47)50-2)24-26-45(28-30-15-8-5-9-16-30)36-22-12-19-33(42-36)39(48)51-3/h4-22H,23-28H2,1-3H3. The lowest BCUT2D eigenvalue weighted by Gasteiger charge is -2.32. The van der Waals surface area contributed by atoms with Gasteiger partial charge in [-0.2, -0.15) is 0 Å². The maximum Gasteiger partial charge on any atom is 0.356 e. The lowest BCUT2D eigenvalue weighted by atomic mass is 10.2. The molecule has 0 aliphatic rings. The molecule has 51 heavy (non-hydrogen) atoms. The average molecular weight is 689 g/mol. The molecule has 0 aliphatic heterocycles. The average Bonchev–Trinajstić information content (AvgIpc) is 3.19. The van der Waals surface area contributed by atoms with Gasteiger partial charge in [0.1, 0.15) is 17.5 Å². The Morgan fingerprint density at radius 1 is 0.431 bits per heavy atom. The van der Waals surface area contributed by atoms with Crippen LogP contribution in [0.4, 0.5) is 17.5 Å². The first-order chi connectivity index (χ1) is 24.9. The van der Waals surface area contributed by atoms with Crippen molar-refractivity contribution in [2.24, 2.45) is 0 Å². The lowest BCUT2D eigenvalue weighted by molar-refractivity contribution is 0.0585. The van der Waals surface area contributed by atoms with E-state index in [4.69, 9.17) is 14.2 Å². The smallest absolute Gasteiger partial charge is 0.356 e. The van der Waals surface area contributed by atoms with Gasteiger partial charge in [0.15, 0.2) is 17.1 Å². The molecule has 0 unspecified atom stereocenters. The number of methoxy groups -OCH3 is 3. The summed E-state index contributed by atoms with van der Waals surface area (Å²) in [7, 11) is 3.98. The highest BCUT2D eigenvalue weighted by Crippen LogP contribution is 2.20. The van der Waals surface area contributed by atoms with Crippen LogP contribution in [-0.2, 0) is 27.3 Å². The predicted octanol–water partition coefficient (Wildman–Crippen LogP) is 5.45. The Balaban J connectivity index is 1.48. The number of pyridine rings is 3. The summed E-state index contributed by atoms with van der Waals surface area (Å²) in [6.07, 6.45) is 0. The van der Waals surface area contributed by atoms with Gasteiger partial charge in [0.2, 0.25) is 0 Å². The summed E-state index contributed by atoms with van der Waals surface area (Å²) in [4.78, 5) is 57.5. The van der Waals surface area contributed by atoms with Gasteiger partial charge in [-0.3, -0.25) is 0 Å². The van der Waals surface area contributed by atoms with Gasteiger partial charge in [0.05, 0.1) is 21.3 Å². The van der Waals surface area contributed by atoms with Gasteiger partial charge >= 0.3 is 17.9 Å². The van der Waals surface area contributed by atoms with E-state index in [-0.39, 0.29) is 17.1 Å². The van der Waals surface area contributed by atoms with E-state index in [0.717, 1.165) is 11.1 Å². The molecule has 0 atom stereocenters. The largest absolute Gasteiger partial charge is 0.464 e. The van der Waals surface area contributed by atoms with E-state index >= 15 is 0 Å². The number of rotatable bonds is 16. The number of ether oxygens (including phenoxy) is 3. The fourth-order valence-corrected chi connectivity index (χ4v) is 5.43. The van der Waals surface area contributed by atoms with Crippen LogP contribution in [0.1, 0.15) is 42.6 Å². The first-order valence-electron chi connectivity index (χ1n) is 16.4. The molecule has 0 fully saturated rings. The van der Waals surface area contributed by atoms with Crippen LogP contribution < -0.4 is 14.7 Å². The lowest BCUT2D eigenvalue weighted by Crippen LogP contribution is -2.41. The van der Waals surface area contributed by atoms with Crippen molar-refractivity contribution in [3.05, 3.63) is 143 Å². The minimum atomic E-state index is -0.541. The molecular weight excluding hydrogens is 648 g/mol. The van der Waals surface area contributed by atoms with Crippen LogP contribution in [0.25, 0.3) is 0 Å². The number of hydrogen-bond donors (Lipinski definition) is 0. The van der Waals surface area contributed by atoms with Crippen LogP contribution in [0.2, 0.25) is 0 Å². The van der Waals surface area contributed by atoms with Gasteiger partial charge in [0, 0.05) is 39.3 Å². The molecule has 5 aromatic rings. The van der Waals surface area contributed by atoms with Gasteiger partial charge in [-0.15, -0.1) is 0 Å². The van der Waals surface area contributed by atoms with E-state index in [0.29, 0.717) is 56.7 Å². The van der Waals surface area contributed by atoms with Crippen molar-refractivity contribution in [1.29, 1.82) is 0 Å². The Morgan fingerprint density at radius 2 is 0.745 bits per heavy atom. The van der Waals surface area contributed by atoms with Gasteiger partial charge in [0.25, 0.3) is 0 Å². The second kappa shape index (κ2) is 17.9. The molecule has 262 valence electrons. The van der Waals surface area contributed by atoms with Crippen molar-refractivity contribution < 1.29 is 28.6 Å². The molecule has 0 saturated heterocycles. The van der Waals surface area contributed by atoms with Crippen LogP contribution in [-0.4, -0.2) is 80.4 Å². The van der Waals surface area contributed by atoms with Gasteiger partial charge < -0.3 is 28.9 Å². The van der Waals surface area contributed by atoms with Crippen molar-refractivity contribution in [2.45, 2.75) is 13.1 Å². The topological polar surface area (TPSA) is 127 Å². The number of hydrogen-bond acceptors (Lipinski definition) is 12. The highest BCUT2D eigenvalue weighted by Gasteiger charge is 2.20. The summed E-state index contributed by atoms with van der Waals surface area (Å²) in [6, 6.07) is 35.7. The number of carbonyl (C=O) groups is 3. The summed E-state index contributed by atoms with van der Waals surface area (Å²) in [5.41, 5.74) is 2.71. The minimum absolute atomic E-state index is 0.183. The number of carbonyl (C=O) groups excluding carboxylic acids is 3. The molecule has 0 aliphatic carbocycles. The second-order valence-corrected chi connectivity index (χ2v) is 11.4. The maximum atomic E-state index is 12.5. The molecule has 0 spiro atoms. The Labute approximate surface area is 297 Å². The molecule has 5 rings (SSSR count). The van der Waals surface area contributed by atoms with Crippen molar-refractivity contribution in [3.8, 4) is 0 Å². The van der Waals surface area contributed by atoms with Gasteiger partial charge in [-0.1, -0.05) is 78.9 Å². The van der Waals surface area contributed by atoms with E-state index in [9.17, 15) is 14.4 Å². The Bertz CT molecular complexity index is 1800. The molecule has 0 amide bonds. The van der Waals surface area contributed by atoms with Crippen molar-refractivity contribution >= 4 is 35.4 Å². The SMILES string of the molecule is COC(=O)c1cccc(N(CCN(Cc2ccccc2)c2cccc(C(=O)OC)n2)CCN(Cc2ccccc2)c2cccc(C(=O)OC)n2)n1. The molecule has 12 nitrogen and oxygen atoms in total. The molecule has 12 heteroatoms. The third-order valence-electron chi connectivity index (χ3n) is 8.07. The minimum Gasteiger partial charge on any atom is -0.464 e. The Hall–Kier alpha value is -6.30. The molecule has 0 bridgehead atoms. The highest BCUT2D eigenvalue weighted by molar-refractivity contribution is 5.88. The molecule has 3 heterocycles.